The Bertz CT molecular complexity index is 2890. The molecular weight excluding hydrogens is 955 g/mol. The second-order valence-corrected chi connectivity index (χ2v) is 20.1. The molecule has 12 nitrogen and oxygen atoms in total. The predicted octanol–water partition coefficient (Wildman–Crippen LogP) is 14.1. The van der Waals surface area contributed by atoms with Gasteiger partial charge < -0.3 is 47.4 Å². The van der Waals surface area contributed by atoms with Gasteiger partial charge >= 0.3 is 0 Å². The van der Waals surface area contributed by atoms with Crippen LogP contribution in [-0.4, -0.2) is 43.4 Å². The quantitative estimate of drug-likeness (QED) is 0.0237. The SMILES string of the molecule is COc1ccccc1Nc1cc(C(=N)N)sc1SC.CSc1sc(C(=N)N)cc1Nc1ccc(Oc2ccccc2)cc1.CSc1sc(C(=N)N)cc1Nc1cccc(Oc2ccccc2)c1. The van der Waals surface area contributed by atoms with Crippen LogP contribution in [0.25, 0.3) is 0 Å². The highest BCUT2D eigenvalue weighted by Gasteiger charge is 2.14. The summed E-state index contributed by atoms with van der Waals surface area (Å²) in [6.45, 7) is 0. The molecule has 0 unspecified atom stereocenters. The fourth-order valence-corrected chi connectivity index (χ4v) is 10.9. The monoisotopic (exact) mass is 1000 g/mol. The van der Waals surface area contributed by atoms with Crippen molar-refractivity contribution < 1.29 is 14.2 Å². The minimum atomic E-state index is 0.0875. The van der Waals surface area contributed by atoms with Crippen LogP contribution in [0.2, 0.25) is 0 Å². The van der Waals surface area contributed by atoms with Gasteiger partial charge in [-0.25, -0.2) is 0 Å². The first-order valence-electron chi connectivity index (χ1n) is 20.1. The maximum atomic E-state index is 7.59. The summed E-state index contributed by atoms with van der Waals surface area (Å²) in [6.07, 6.45) is 6.02. The summed E-state index contributed by atoms with van der Waals surface area (Å²) < 4.78 is 20.2. The molecule has 18 heteroatoms. The van der Waals surface area contributed by atoms with Crippen LogP contribution in [0.1, 0.15) is 14.6 Å². The van der Waals surface area contributed by atoms with Crippen molar-refractivity contribution in [1.82, 2.24) is 0 Å². The number of nitrogen functional groups attached to an aromatic ring is 3. The first-order chi connectivity index (χ1) is 32.5. The van der Waals surface area contributed by atoms with Gasteiger partial charge in [-0.3, -0.25) is 16.2 Å². The number of thioether (sulfide) groups is 3. The maximum absolute atomic E-state index is 7.59. The first-order valence-corrected chi connectivity index (χ1v) is 26.3. The first kappa shape index (κ1) is 49.9. The number of ether oxygens (including phenoxy) is 3. The van der Waals surface area contributed by atoms with Crippen molar-refractivity contribution in [3.8, 4) is 28.7 Å². The minimum absolute atomic E-state index is 0.0875. The molecule has 0 aliphatic rings. The maximum Gasteiger partial charge on any atom is 0.142 e. The molecular formula is C49H49N9O3S6. The molecule has 5 aromatic carbocycles. The van der Waals surface area contributed by atoms with Crippen molar-refractivity contribution in [3.05, 3.63) is 166 Å². The Morgan fingerprint density at radius 2 is 0.836 bits per heavy atom. The van der Waals surface area contributed by atoms with Crippen molar-refractivity contribution in [2.45, 2.75) is 12.6 Å². The highest BCUT2D eigenvalue weighted by molar-refractivity contribution is 8.01. The van der Waals surface area contributed by atoms with E-state index in [0.717, 1.165) is 90.1 Å². The number of nitrogens with one attached hydrogen (secondary N) is 6. The van der Waals surface area contributed by atoms with Gasteiger partial charge in [0.25, 0.3) is 0 Å². The Kier molecular flexibility index (Phi) is 18.5. The zero-order valence-corrected chi connectivity index (χ0v) is 41.7. The Morgan fingerprint density at radius 1 is 0.433 bits per heavy atom. The number of hydrogen-bond donors (Lipinski definition) is 9. The largest absolute Gasteiger partial charge is 0.495 e. The van der Waals surface area contributed by atoms with Crippen molar-refractivity contribution >= 4 is 121 Å². The average molecular weight is 1000 g/mol. The van der Waals surface area contributed by atoms with Crippen LogP contribution in [0.4, 0.5) is 34.1 Å². The lowest BCUT2D eigenvalue weighted by Crippen LogP contribution is -2.08. The second kappa shape index (κ2) is 24.8. The molecule has 8 aromatic rings. The van der Waals surface area contributed by atoms with Gasteiger partial charge in [-0.15, -0.1) is 69.3 Å². The smallest absolute Gasteiger partial charge is 0.142 e. The van der Waals surface area contributed by atoms with Gasteiger partial charge in [-0.05, 0) is 110 Å². The number of hydrogen-bond acceptors (Lipinski definition) is 15. The van der Waals surface area contributed by atoms with Crippen LogP contribution in [-0.2, 0) is 0 Å². The lowest BCUT2D eigenvalue weighted by molar-refractivity contribution is 0.417. The number of anilines is 6. The fourth-order valence-electron chi connectivity index (χ4n) is 5.93. The third-order valence-corrected chi connectivity index (χ3v) is 15.9. The summed E-state index contributed by atoms with van der Waals surface area (Å²) in [4.78, 5) is 2.30. The molecule has 0 bridgehead atoms. The van der Waals surface area contributed by atoms with Gasteiger partial charge in [0, 0.05) is 17.4 Å². The molecule has 0 fully saturated rings. The van der Waals surface area contributed by atoms with E-state index < -0.39 is 0 Å². The third-order valence-electron chi connectivity index (χ3n) is 9.03. The number of amidine groups is 3. The molecule has 344 valence electrons. The molecule has 0 atom stereocenters. The zero-order valence-electron chi connectivity index (χ0n) is 36.8. The highest BCUT2D eigenvalue weighted by atomic mass is 32.2. The molecule has 0 aliphatic carbocycles. The molecule has 12 N–H and O–H groups in total. The average Bonchev–Trinajstić information content (AvgIpc) is 4.08. The number of rotatable bonds is 17. The van der Waals surface area contributed by atoms with E-state index >= 15 is 0 Å². The summed E-state index contributed by atoms with van der Waals surface area (Å²) in [6, 6.07) is 48.4. The number of nitrogens with two attached hydrogens (primary N) is 3. The predicted molar refractivity (Wildman–Crippen MR) is 290 cm³/mol. The lowest BCUT2D eigenvalue weighted by atomic mass is 10.3. The van der Waals surface area contributed by atoms with E-state index in [0.29, 0.717) is 0 Å². The molecule has 0 radical (unpaired) electrons. The third kappa shape index (κ3) is 14.5. The standard InChI is InChI=1S/2C18H17N3OS2.C13H15N3OS2/c1-23-18-15(11-16(24-18)17(19)20)21-12-6-5-9-14(10-12)22-13-7-3-2-4-8-13;1-23-18-15(11-16(24-18)17(19)20)21-12-7-9-14(10-8-12)22-13-5-3-2-4-6-13;1-17-10-6-4-3-5-8(10)16-9-7-11(12(14)15)19-13(9)18-2/h2*2-11,21H,1H3,(H3,19,20);3-7,16H,1-2H3,(H3,14,15). The van der Waals surface area contributed by atoms with Gasteiger partial charge in [0.05, 0.1) is 57.1 Å². The van der Waals surface area contributed by atoms with Crippen LogP contribution < -0.4 is 47.4 Å². The molecule has 0 aliphatic heterocycles. The topological polar surface area (TPSA) is 213 Å². The van der Waals surface area contributed by atoms with E-state index in [1.165, 1.54) is 34.0 Å². The lowest BCUT2D eigenvalue weighted by Gasteiger charge is -2.10. The molecule has 0 saturated carbocycles. The van der Waals surface area contributed by atoms with Crippen molar-refractivity contribution in [1.29, 1.82) is 16.2 Å². The normalized spacial score (nSPS) is 10.3. The molecule has 8 rings (SSSR count). The minimum Gasteiger partial charge on any atom is -0.495 e. The van der Waals surface area contributed by atoms with Crippen LogP contribution >= 0.6 is 69.3 Å². The summed E-state index contributed by atoms with van der Waals surface area (Å²) in [5, 5.41) is 32.7. The molecule has 3 aromatic heterocycles. The second-order valence-electron chi connectivity index (χ2n) is 13.7. The van der Waals surface area contributed by atoms with Gasteiger partial charge in [-0.1, -0.05) is 54.6 Å². The Balaban J connectivity index is 0.000000167. The van der Waals surface area contributed by atoms with E-state index in [4.69, 9.17) is 47.6 Å². The summed E-state index contributed by atoms with van der Waals surface area (Å²) in [7, 11) is 1.64. The summed E-state index contributed by atoms with van der Waals surface area (Å²) in [5.41, 5.74) is 22.3. The number of para-hydroxylation sites is 4. The van der Waals surface area contributed by atoms with Crippen LogP contribution in [0.5, 0.6) is 28.7 Å². The van der Waals surface area contributed by atoms with Gasteiger partial charge in [-0.2, -0.15) is 0 Å². The molecule has 0 spiro atoms. The highest BCUT2D eigenvalue weighted by Crippen LogP contribution is 2.40. The number of thiophene rings is 3. The van der Waals surface area contributed by atoms with E-state index in [-0.39, 0.29) is 17.5 Å². The van der Waals surface area contributed by atoms with E-state index in [1.54, 1.807) is 42.4 Å². The van der Waals surface area contributed by atoms with Gasteiger partial charge in [0.1, 0.15) is 46.3 Å². The molecule has 67 heavy (non-hydrogen) atoms. The molecule has 3 heterocycles. The Morgan fingerprint density at radius 3 is 1.30 bits per heavy atom. The van der Waals surface area contributed by atoms with E-state index in [9.17, 15) is 0 Å². The van der Waals surface area contributed by atoms with Crippen molar-refractivity contribution in [2.24, 2.45) is 17.2 Å². The molecule has 0 saturated heterocycles. The summed E-state index contributed by atoms with van der Waals surface area (Å²) in [5.74, 6) is 4.21. The Labute approximate surface area is 415 Å². The fraction of sp³-hybridized carbons (Fsp3) is 0.0816. The number of benzene rings is 5. The van der Waals surface area contributed by atoms with Crippen molar-refractivity contribution in [2.75, 3.05) is 41.8 Å². The van der Waals surface area contributed by atoms with Gasteiger partial charge in [0.15, 0.2) is 0 Å². The zero-order chi connectivity index (χ0) is 47.7. The van der Waals surface area contributed by atoms with Crippen LogP contribution in [0.15, 0.2) is 164 Å². The Hall–Kier alpha value is -6.54. The van der Waals surface area contributed by atoms with Crippen LogP contribution in [0, 0.1) is 16.2 Å². The van der Waals surface area contributed by atoms with Gasteiger partial charge in [0.2, 0.25) is 0 Å². The van der Waals surface area contributed by atoms with E-state index in [2.05, 4.69) is 16.0 Å². The van der Waals surface area contributed by atoms with Crippen molar-refractivity contribution in [3.63, 3.8) is 0 Å². The summed E-state index contributed by atoms with van der Waals surface area (Å²) >= 11 is 9.44. The molecule has 0 amide bonds. The van der Waals surface area contributed by atoms with Crippen LogP contribution in [0.3, 0.4) is 0 Å². The van der Waals surface area contributed by atoms with E-state index in [1.807, 2.05) is 170 Å². The number of methoxy groups -OCH3 is 1.